The molecular formula is C26H29FN6O. The fraction of sp³-hybridized carbons (Fsp3) is 0.308. The minimum absolute atomic E-state index is 0.0913. The summed E-state index contributed by atoms with van der Waals surface area (Å²) in [5, 5.41) is 3.22. The Morgan fingerprint density at radius 1 is 1.06 bits per heavy atom. The zero-order chi connectivity index (χ0) is 23.7. The fourth-order valence-electron chi connectivity index (χ4n) is 4.48. The molecular weight excluding hydrogens is 431 g/mol. The van der Waals surface area contributed by atoms with Gasteiger partial charge in [-0.15, -0.1) is 0 Å². The highest BCUT2D eigenvalue weighted by Crippen LogP contribution is 2.36. The molecule has 0 unspecified atom stereocenters. The number of allylic oxidation sites excluding steroid dienone is 1. The van der Waals surface area contributed by atoms with Crippen molar-refractivity contribution in [3.05, 3.63) is 65.2 Å². The molecule has 8 heteroatoms. The first-order valence-corrected chi connectivity index (χ1v) is 11.6. The van der Waals surface area contributed by atoms with Crippen LogP contribution in [0, 0.1) is 5.82 Å². The molecule has 1 aromatic heterocycles. The molecule has 5 rings (SSSR count). The van der Waals surface area contributed by atoms with E-state index >= 15 is 0 Å². The van der Waals surface area contributed by atoms with Gasteiger partial charge in [0.25, 0.3) is 0 Å². The lowest BCUT2D eigenvalue weighted by atomic mass is 10.1. The van der Waals surface area contributed by atoms with Crippen LogP contribution in [0.1, 0.15) is 25.0 Å². The van der Waals surface area contributed by atoms with E-state index in [9.17, 15) is 4.39 Å². The van der Waals surface area contributed by atoms with Crippen molar-refractivity contribution in [2.24, 2.45) is 0 Å². The zero-order valence-electron chi connectivity index (χ0n) is 19.5. The number of hydrogen-bond donors (Lipinski definition) is 2. The summed E-state index contributed by atoms with van der Waals surface area (Å²) < 4.78 is 20.7. The molecule has 0 spiro atoms. The topological polar surface area (TPSA) is 79.5 Å². The summed E-state index contributed by atoms with van der Waals surface area (Å²) in [5.74, 6) is 0.206. The van der Waals surface area contributed by atoms with Crippen LogP contribution in [0.2, 0.25) is 0 Å². The van der Waals surface area contributed by atoms with Gasteiger partial charge >= 0.3 is 0 Å². The average molecular weight is 461 g/mol. The Kier molecular flexibility index (Phi) is 6.06. The van der Waals surface area contributed by atoms with Crippen LogP contribution < -0.4 is 20.7 Å². The molecule has 0 atom stereocenters. The third-order valence-corrected chi connectivity index (χ3v) is 6.46. The van der Waals surface area contributed by atoms with E-state index in [1.54, 1.807) is 6.07 Å². The molecule has 3 aromatic rings. The molecule has 0 bridgehead atoms. The summed E-state index contributed by atoms with van der Waals surface area (Å²) in [6, 6.07) is 11.7. The summed E-state index contributed by atoms with van der Waals surface area (Å²) >= 11 is 0. The van der Waals surface area contributed by atoms with Crippen molar-refractivity contribution in [2.75, 3.05) is 48.7 Å². The van der Waals surface area contributed by atoms with E-state index in [1.807, 2.05) is 31.2 Å². The molecule has 2 aliphatic rings. The fourth-order valence-corrected chi connectivity index (χ4v) is 4.48. The summed E-state index contributed by atoms with van der Waals surface area (Å²) in [6.07, 6.45) is 3.95. The second kappa shape index (κ2) is 9.30. The van der Waals surface area contributed by atoms with Crippen molar-refractivity contribution in [1.82, 2.24) is 14.9 Å². The Balaban J connectivity index is 1.30. The lowest BCUT2D eigenvalue weighted by Crippen LogP contribution is -2.46. The molecule has 2 aromatic carbocycles. The number of anilines is 4. The molecule has 3 N–H and O–H groups in total. The van der Waals surface area contributed by atoms with Crippen molar-refractivity contribution < 1.29 is 9.13 Å². The third kappa shape index (κ3) is 4.41. The van der Waals surface area contributed by atoms with Gasteiger partial charge in [0.2, 0.25) is 5.88 Å². The van der Waals surface area contributed by atoms with Crippen molar-refractivity contribution >= 4 is 29.0 Å². The Morgan fingerprint density at radius 3 is 2.56 bits per heavy atom. The van der Waals surface area contributed by atoms with E-state index in [1.165, 1.54) is 12.0 Å². The van der Waals surface area contributed by atoms with Gasteiger partial charge in [0.1, 0.15) is 12.0 Å². The lowest BCUT2D eigenvalue weighted by Gasteiger charge is -2.35. The quantitative estimate of drug-likeness (QED) is 0.545. The summed E-state index contributed by atoms with van der Waals surface area (Å²) in [6.45, 7) is 9.49. The van der Waals surface area contributed by atoms with Crippen LogP contribution in [0.3, 0.4) is 0 Å². The number of aromatic nitrogens is 2. The Morgan fingerprint density at radius 2 is 1.82 bits per heavy atom. The number of nitrogen functional groups attached to an aromatic ring is 1. The highest BCUT2D eigenvalue weighted by Gasteiger charge is 2.20. The Bertz CT molecular complexity index is 1220. The molecule has 0 saturated carbocycles. The standard InChI is InChI=1S/C26H29FN6O/c1-3-32-10-12-33(13-11-32)20-7-5-19(6-8-20)31-25-24(28)26(30-16-29-25)34-22-9-4-18-14-17(2)15-21(18)23(22)27/h4-9,15-16H,3,10-14,28H2,1-2H3,(H,29,30,31). The minimum atomic E-state index is -0.405. The van der Waals surface area contributed by atoms with Crippen LogP contribution in [-0.2, 0) is 6.42 Å². The van der Waals surface area contributed by atoms with Gasteiger partial charge in [-0.05, 0) is 55.8 Å². The number of nitrogens with two attached hydrogens (primary N) is 1. The molecule has 1 saturated heterocycles. The number of piperazine rings is 1. The number of likely N-dealkylation sites (N-methyl/N-ethyl adjacent to an activating group) is 1. The Hall–Kier alpha value is -3.65. The third-order valence-electron chi connectivity index (χ3n) is 6.46. The summed E-state index contributed by atoms with van der Waals surface area (Å²) in [7, 11) is 0. The van der Waals surface area contributed by atoms with Crippen molar-refractivity contribution in [1.29, 1.82) is 0 Å². The molecule has 0 radical (unpaired) electrons. The predicted molar refractivity (Wildman–Crippen MR) is 134 cm³/mol. The monoisotopic (exact) mass is 460 g/mol. The maximum absolute atomic E-state index is 15.0. The summed E-state index contributed by atoms with van der Waals surface area (Å²) in [5.41, 5.74) is 11.2. The van der Waals surface area contributed by atoms with Crippen LogP contribution in [-0.4, -0.2) is 47.6 Å². The van der Waals surface area contributed by atoms with Crippen LogP contribution in [0.15, 0.2) is 48.3 Å². The smallest absolute Gasteiger partial charge is 0.248 e. The molecule has 0 amide bonds. The SMILES string of the molecule is CCN1CCN(c2ccc(Nc3ncnc(Oc4ccc5c(c4F)C=C(C)C5)c3N)cc2)CC1. The molecule has 7 nitrogen and oxygen atoms in total. The molecule has 176 valence electrons. The first-order valence-electron chi connectivity index (χ1n) is 11.6. The van der Waals surface area contributed by atoms with E-state index in [0.717, 1.165) is 56.0 Å². The van der Waals surface area contributed by atoms with Gasteiger partial charge in [-0.2, -0.15) is 4.98 Å². The van der Waals surface area contributed by atoms with E-state index in [4.69, 9.17) is 10.5 Å². The average Bonchev–Trinajstić information content (AvgIpc) is 3.25. The predicted octanol–water partition coefficient (Wildman–Crippen LogP) is 4.84. The van der Waals surface area contributed by atoms with Crippen LogP contribution in [0.25, 0.3) is 6.08 Å². The van der Waals surface area contributed by atoms with E-state index in [0.29, 0.717) is 11.4 Å². The maximum atomic E-state index is 15.0. The number of hydrogen-bond acceptors (Lipinski definition) is 7. The van der Waals surface area contributed by atoms with E-state index in [2.05, 4.69) is 44.1 Å². The molecule has 2 heterocycles. The van der Waals surface area contributed by atoms with Crippen molar-refractivity contribution in [3.63, 3.8) is 0 Å². The molecule has 34 heavy (non-hydrogen) atoms. The van der Waals surface area contributed by atoms with Crippen molar-refractivity contribution in [2.45, 2.75) is 20.3 Å². The van der Waals surface area contributed by atoms with Crippen LogP contribution in [0.4, 0.5) is 27.3 Å². The number of nitrogens with zero attached hydrogens (tertiary/aromatic N) is 4. The first kappa shape index (κ1) is 22.2. The van der Waals surface area contributed by atoms with Gasteiger partial charge in [0.05, 0.1) is 0 Å². The van der Waals surface area contributed by atoms with Gasteiger partial charge in [0, 0.05) is 43.1 Å². The first-order chi connectivity index (χ1) is 16.5. The second-order valence-corrected chi connectivity index (χ2v) is 8.75. The Labute approximate surface area is 199 Å². The number of halogens is 1. The maximum Gasteiger partial charge on any atom is 0.248 e. The van der Waals surface area contributed by atoms with Gasteiger partial charge in [-0.25, -0.2) is 9.37 Å². The zero-order valence-corrected chi connectivity index (χ0v) is 19.5. The largest absolute Gasteiger partial charge is 0.434 e. The highest BCUT2D eigenvalue weighted by atomic mass is 19.1. The molecule has 1 aliphatic carbocycles. The minimum Gasteiger partial charge on any atom is -0.434 e. The van der Waals surface area contributed by atoms with Gasteiger partial charge in [-0.3, -0.25) is 0 Å². The van der Waals surface area contributed by atoms with Crippen LogP contribution >= 0.6 is 0 Å². The van der Waals surface area contributed by atoms with Crippen LogP contribution in [0.5, 0.6) is 11.6 Å². The van der Waals surface area contributed by atoms with Gasteiger partial charge < -0.3 is 25.6 Å². The lowest BCUT2D eigenvalue weighted by molar-refractivity contribution is 0.271. The number of nitrogens with one attached hydrogen (secondary N) is 1. The van der Waals surface area contributed by atoms with Gasteiger partial charge in [0.15, 0.2) is 17.4 Å². The molecule has 1 aliphatic heterocycles. The van der Waals surface area contributed by atoms with Crippen molar-refractivity contribution in [3.8, 4) is 11.6 Å². The number of fused-ring (bicyclic) bond motifs is 1. The van der Waals surface area contributed by atoms with E-state index in [-0.39, 0.29) is 17.3 Å². The van der Waals surface area contributed by atoms with Gasteiger partial charge in [-0.1, -0.05) is 24.6 Å². The van der Waals surface area contributed by atoms with E-state index < -0.39 is 5.82 Å². The number of ether oxygens (including phenoxy) is 1. The highest BCUT2D eigenvalue weighted by molar-refractivity contribution is 5.73. The number of benzene rings is 2. The number of rotatable bonds is 6. The second-order valence-electron chi connectivity index (χ2n) is 8.75. The molecule has 1 fully saturated rings. The summed E-state index contributed by atoms with van der Waals surface area (Å²) in [4.78, 5) is 13.2. The normalized spacial score (nSPS) is 15.7.